The smallest absolute Gasteiger partial charge is 0.387 e. The van der Waals surface area contributed by atoms with Gasteiger partial charge in [-0.15, -0.1) is 0 Å². The third kappa shape index (κ3) is 4.75. The summed E-state index contributed by atoms with van der Waals surface area (Å²) in [6, 6.07) is 17.6. The molecule has 0 radical (unpaired) electrons. The van der Waals surface area contributed by atoms with Crippen molar-refractivity contribution >= 4 is 5.97 Å². The number of pyridine rings is 1. The largest absolute Gasteiger partial charge is 0.435 e. The fourth-order valence-electron chi connectivity index (χ4n) is 3.28. The second-order valence-electron chi connectivity index (χ2n) is 6.67. The van der Waals surface area contributed by atoms with E-state index >= 15 is 0 Å². The molecule has 0 bridgehead atoms. The minimum Gasteiger partial charge on any atom is -0.435 e. The zero-order valence-electron chi connectivity index (χ0n) is 15.4. The average Bonchev–Trinajstić information content (AvgIpc) is 2.85. The van der Waals surface area contributed by atoms with Gasteiger partial charge in [-0.3, -0.25) is 14.7 Å². The van der Waals surface area contributed by atoms with E-state index in [1.54, 1.807) is 24.4 Å². The van der Waals surface area contributed by atoms with E-state index < -0.39 is 6.61 Å². The number of benzene rings is 2. The van der Waals surface area contributed by atoms with Crippen molar-refractivity contribution in [3.05, 3.63) is 78.1 Å². The van der Waals surface area contributed by atoms with Crippen LogP contribution in [0.2, 0.25) is 0 Å². The Morgan fingerprint density at radius 1 is 1.03 bits per heavy atom. The second-order valence-corrected chi connectivity index (χ2v) is 6.67. The highest BCUT2D eigenvalue weighted by molar-refractivity contribution is 5.76. The number of ether oxygens (including phenoxy) is 2. The topological polar surface area (TPSA) is 51.7 Å². The summed E-state index contributed by atoms with van der Waals surface area (Å²) >= 11 is 0. The fourth-order valence-corrected chi connectivity index (χ4v) is 3.28. The summed E-state index contributed by atoms with van der Waals surface area (Å²) in [7, 11) is 0. The predicted octanol–water partition coefficient (Wildman–Crippen LogP) is 4.27. The zero-order chi connectivity index (χ0) is 20.2. The summed E-state index contributed by atoms with van der Waals surface area (Å²) in [5, 5.41) is 0. The molecular formula is C22H18F2N2O3. The van der Waals surface area contributed by atoms with Gasteiger partial charge in [0.15, 0.2) is 0 Å². The summed E-state index contributed by atoms with van der Waals surface area (Å²) in [5.74, 6) is 0.315. The van der Waals surface area contributed by atoms with Crippen molar-refractivity contribution < 1.29 is 23.0 Å². The number of rotatable bonds is 5. The normalized spacial score (nSPS) is 14.2. The Bertz CT molecular complexity index is 995. The van der Waals surface area contributed by atoms with Gasteiger partial charge >= 0.3 is 12.6 Å². The second kappa shape index (κ2) is 8.36. The van der Waals surface area contributed by atoms with E-state index in [1.807, 2.05) is 35.2 Å². The molecule has 0 spiro atoms. The molecule has 2 heterocycles. The molecule has 29 heavy (non-hydrogen) atoms. The van der Waals surface area contributed by atoms with Crippen molar-refractivity contribution in [2.24, 2.45) is 0 Å². The van der Waals surface area contributed by atoms with Crippen LogP contribution in [0.1, 0.15) is 11.3 Å². The number of alkyl halides is 2. The van der Waals surface area contributed by atoms with Gasteiger partial charge in [-0.05, 0) is 47.5 Å². The van der Waals surface area contributed by atoms with Gasteiger partial charge in [0, 0.05) is 24.8 Å². The van der Waals surface area contributed by atoms with Crippen LogP contribution in [0.15, 0.2) is 66.9 Å². The Morgan fingerprint density at radius 3 is 2.55 bits per heavy atom. The minimum absolute atomic E-state index is 0.106. The number of hydrogen-bond donors (Lipinski definition) is 0. The molecule has 2 aromatic carbocycles. The van der Waals surface area contributed by atoms with Gasteiger partial charge in [0.2, 0.25) is 0 Å². The van der Waals surface area contributed by atoms with Crippen LogP contribution in [0, 0.1) is 0 Å². The molecule has 1 aliphatic rings. The highest BCUT2D eigenvalue weighted by Crippen LogP contribution is 2.31. The molecule has 0 atom stereocenters. The first-order valence-electron chi connectivity index (χ1n) is 9.08. The molecule has 3 aromatic rings. The van der Waals surface area contributed by atoms with Crippen molar-refractivity contribution in [1.82, 2.24) is 9.88 Å². The number of aromatic nitrogens is 1. The predicted molar refractivity (Wildman–Crippen MR) is 102 cm³/mol. The number of hydrogen-bond acceptors (Lipinski definition) is 5. The van der Waals surface area contributed by atoms with Crippen molar-refractivity contribution in [1.29, 1.82) is 0 Å². The maximum Gasteiger partial charge on any atom is 0.387 e. The number of nitrogens with zero attached hydrogens (tertiary/aromatic N) is 2. The first kappa shape index (κ1) is 19.0. The lowest BCUT2D eigenvalue weighted by molar-refractivity contribution is -0.135. The number of esters is 1. The van der Waals surface area contributed by atoms with Gasteiger partial charge in [0.25, 0.3) is 0 Å². The van der Waals surface area contributed by atoms with Crippen LogP contribution in [-0.4, -0.2) is 29.0 Å². The van der Waals surface area contributed by atoms with Gasteiger partial charge in [-0.25, -0.2) is 0 Å². The minimum atomic E-state index is -2.85. The van der Waals surface area contributed by atoms with Gasteiger partial charge in [-0.1, -0.05) is 24.3 Å². The van der Waals surface area contributed by atoms with E-state index in [-0.39, 0.29) is 18.3 Å². The Labute approximate surface area is 166 Å². The van der Waals surface area contributed by atoms with Crippen LogP contribution in [0.5, 0.6) is 11.5 Å². The number of carbonyl (C=O) groups excluding carboxylic acids is 1. The monoisotopic (exact) mass is 396 g/mol. The first-order valence-corrected chi connectivity index (χ1v) is 9.08. The van der Waals surface area contributed by atoms with E-state index in [0.717, 1.165) is 22.4 Å². The lowest BCUT2D eigenvalue weighted by atomic mass is 10.0. The molecule has 0 aliphatic carbocycles. The highest BCUT2D eigenvalue weighted by Gasteiger charge is 2.22. The molecule has 0 saturated heterocycles. The van der Waals surface area contributed by atoms with Crippen LogP contribution in [0.25, 0.3) is 11.1 Å². The van der Waals surface area contributed by atoms with Crippen LogP contribution < -0.4 is 9.47 Å². The molecule has 0 unspecified atom stereocenters. The Balaban J connectivity index is 1.57. The molecule has 7 heteroatoms. The number of fused-ring (bicyclic) bond motifs is 1. The van der Waals surface area contributed by atoms with Crippen molar-refractivity contribution in [3.63, 3.8) is 0 Å². The Kier molecular flexibility index (Phi) is 5.48. The molecule has 148 valence electrons. The van der Waals surface area contributed by atoms with Crippen LogP contribution >= 0.6 is 0 Å². The third-order valence-corrected chi connectivity index (χ3v) is 4.56. The van der Waals surface area contributed by atoms with Crippen LogP contribution in [0.3, 0.4) is 0 Å². The van der Waals surface area contributed by atoms with Crippen LogP contribution in [-0.2, 0) is 17.9 Å². The van der Waals surface area contributed by atoms with Gasteiger partial charge in [0.05, 0.1) is 12.2 Å². The number of carbonyl (C=O) groups is 1. The van der Waals surface area contributed by atoms with E-state index in [1.165, 1.54) is 12.1 Å². The van der Waals surface area contributed by atoms with Crippen LogP contribution in [0.4, 0.5) is 8.78 Å². The molecule has 0 fully saturated rings. The molecule has 5 nitrogen and oxygen atoms in total. The summed E-state index contributed by atoms with van der Waals surface area (Å²) in [6.45, 7) is -1.63. The van der Waals surface area contributed by atoms with Gasteiger partial charge in [0.1, 0.15) is 11.5 Å². The van der Waals surface area contributed by atoms with E-state index in [4.69, 9.17) is 4.74 Å². The maximum atomic E-state index is 12.3. The molecule has 4 rings (SSSR count). The van der Waals surface area contributed by atoms with Gasteiger partial charge < -0.3 is 9.47 Å². The summed E-state index contributed by atoms with van der Waals surface area (Å²) in [5.41, 5.74) is 3.48. The molecular weight excluding hydrogens is 378 g/mol. The first-order chi connectivity index (χ1) is 14.1. The Hall–Kier alpha value is -3.32. The molecule has 0 amide bonds. The lowest BCUT2D eigenvalue weighted by Crippen LogP contribution is -2.29. The standard InChI is InChI=1S/C22H18F2N2O3/c23-22(24)28-19-7-4-15(5-8-19)16-6-9-20-17(11-16)12-26(14-21(27)29-20)13-18-3-1-2-10-25-18/h1-11,22H,12-14H2. The number of halogens is 2. The zero-order valence-corrected chi connectivity index (χ0v) is 15.4. The van der Waals surface area contributed by atoms with Crippen molar-refractivity contribution in [2.45, 2.75) is 19.7 Å². The quantitative estimate of drug-likeness (QED) is 0.476. The average molecular weight is 396 g/mol. The van der Waals surface area contributed by atoms with Crippen molar-refractivity contribution in [2.75, 3.05) is 6.54 Å². The maximum absolute atomic E-state index is 12.3. The Morgan fingerprint density at radius 2 is 1.83 bits per heavy atom. The third-order valence-electron chi connectivity index (χ3n) is 4.56. The molecule has 1 aromatic heterocycles. The molecule has 0 N–H and O–H groups in total. The fraction of sp³-hybridized carbons (Fsp3) is 0.182. The van der Waals surface area contributed by atoms with Crippen molar-refractivity contribution in [3.8, 4) is 22.6 Å². The van der Waals surface area contributed by atoms with Gasteiger partial charge in [-0.2, -0.15) is 8.78 Å². The lowest BCUT2D eigenvalue weighted by Gasteiger charge is -2.18. The summed E-state index contributed by atoms with van der Waals surface area (Å²) in [6.07, 6.45) is 1.72. The van der Waals surface area contributed by atoms with E-state index in [9.17, 15) is 13.6 Å². The van der Waals surface area contributed by atoms with E-state index in [0.29, 0.717) is 18.8 Å². The SMILES string of the molecule is O=C1CN(Cc2ccccn2)Cc2cc(-c3ccc(OC(F)F)cc3)ccc2O1. The summed E-state index contributed by atoms with van der Waals surface area (Å²) < 4.78 is 34.5. The van der Waals surface area contributed by atoms with E-state index in [2.05, 4.69) is 9.72 Å². The molecule has 1 aliphatic heterocycles. The molecule has 0 saturated carbocycles. The highest BCUT2D eigenvalue weighted by atomic mass is 19.3. The summed E-state index contributed by atoms with van der Waals surface area (Å²) in [4.78, 5) is 18.5.